The molecule has 5 heteroatoms. The number of aromatic nitrogens is 2. The van der Waals surface area contributed by atoms with E-state index in [-0.39, 0.29) is 5.91 Å². The highest BCUT2D eigenvalue weighted by Crippen LogP contribution is 2.17. The molecule has 0 aliphatic heterocycles. The van der Waals surface area contributed by atoms with E-state index in [4.69, 9.17) is 0 Å². The topological polar surface area (TPSA) is 46.9 Å². The maximum Gasteiger partial charge on any atom is 0.252 e. The van der Waals surface area contributed by atoms with Crippen molar-refractivity contribution in [3.8, 4) is 0 Å². The highest BCUT2D eigenvalue weighted by molar-refractivity contribution is 9.10. The SMILES string of the molecule is Cc1nn(Cc2ccccc2)c(C)c1CNC(=O)c1ccccc1Br. The van der Waals surface area contributed by atoms with Crippen molar-refractivity contribution in [2.45, 2.75) is 26.9 Å². The molecule has 0 aliphatic carbocycles. The van der Waals surface area contributed by atoms with Crippen LogP contribution in [0.5, 0.6) is 0 Å². The molecular formula is C20H20BrN3O. The summed E-state index contributed by atoms with van der Waals surface area (Å²) in [6, 6.07) is 17.7. The number of aryl methyl sites for hydroxylation is 1. The van der Waals surface area contributed by atoms with Crippen LogP contribution in [0.15, 0.2) is 59.1 Å². The average molecular weight is 398 g/mol. The third kappa shape index (κ3) is 3.99. The molecule has 3 aromatic rings. The lowest BCUT2D eigenvalue weighted by atomic mass is 10.1. The van der Waals surface area contributed by atoms with Crippen molar-refractivity contribution in [2.75, 3.05) is 0 Å². The summed E-state index contributed by atoms with van der Waals surface area (Å²) in [6.45, 7) is 5.22. The van der Waals surface area contributed by atoms with Crippen LogP contribution in [-0.2, 0) is 13.1 Å². The van der Waals surface area contributed by atoms with Gasteiger partial charge in [0.25, 0.3) is 5.91 Å². The summed E-state index contributed by atoms with van der Waals surface area (Å²) in [5.74, 6) is -0.0953. The molecule has 0 spiro atoms. The predicted molar refractivity (Wildman–Crippen MR) is 103 cm³/mol. The second-order valence-electron chi connectivity index (χ2n) is 5.96. The molecule has 0 fully saturated rings. The van der Waals surface area contributed by atoms with Crippen LogP contribution in [0, 0.1) is 13.8 Å². The first-order valence-corrected chi connectivity index (χ1v) is 8.95. The lowest BCUT2D eigenvalue weighted by Crippen LogP contribution is -2.23. The van der Waals surface area contributed by atoms with Gasteiger partial charge in [-0.2, -0.15) is 5.10 Å². The third-order valence-corrected chi connectivity index (χ3v) is 4.94. The Kier molecular flexibility index (Phi) is 5.34. The van der Waals surface area contributed by atoms with Gasteiger partial charge in [-0.3, -0.25) is 9.48 Å². The lowest BCUT2D eigenvalue weighted by Gasteiger charge is -2.08. The van der Waals surface area contributed by atoms with E-state index in [9.17, 15) is 4.79 Å². The number of benzene rings is 2. The Morgan fingerprint density at radius 3 is 2.48 bits per heavy atom. The van der Waals surface area contributed by atoms with Crippen LogP contribution < -0.4 is 5.32 Å². The third-order valence-electron chi connectivity index (χ3n) is 4.25. The van der Waals surface area contributed by atoms with Gasteiger partial charge in [0.2, 0.25) is 0 Å². The molecule has 0 radical (unpaired) electrons. The Bertz CT molecular complexity index is 887. The molecule has 1 amide bonds. The van der Waals surface area contributed by atoms with E-state index in [1.165, 1.54) is 5.56 Å². The van der Waals surface area contributed by atoms with Gasteiger partial charge in [-0.1, -0.05) is 42.5 Å². The summed E-state index contributed by atoms with van der Waals surface area (Å²) in [5, 5.41) is 7.62. The molecule has 0 saturated carbocycles. The van der Waals surface area contributed by atoms with Crippen LogP contribution >= 0.6 is 15.9 Å². The summed E-state index contributed by atoms with van der Waals surface area (Å²) in [6.07, 6.45) is 0. The molecule has 128 valence electrons. The molecule has 0 atom stereocenters. The molecule has 2 aromatic carbocycles. The zero-order valence-electron chi connectivity index (χ0n) is 14.3. The molecule has 0 saturated heterocycles. The van der Waals surface area contributed by atoms with Crippen molar-refractivity contribution < 1.29 is 4.79 Å². The van der Waals surface area contributed by atoms with Gasteiger partial charge in [-0.15, -0.1) is 0 Å². The van der Waals surface area contributed by atoms with Crippen molar-refractivity contribution in [3.63, 3.8) is 0 Å². The van der Waals surface area contributed by atoms with Crippen molar-refractivity contribution in [2.24, 2.45) is 0 Å². The van der Waals surface area contributed by atoms with Gasteiger partial charge in [0, 0.05) is 22.3 Å². The largest absolute Gasteiger partial charge is 0.348 e. The molecule has 0 bridgehead atoms. The maximum absolute atomic E-state index is 12.4. The zero-order valence-corrected chi connectivity index (χ0v) is 15.9. The van der Waals surface area contributed by atoms with E-state index >= 15 is 0 Å². The fraction of sp³-hybridized carbons (Fsp3) is 0.200. The Morgan fingerprint density at radius 1 is 1.08 bits per heavy atom. The molecule has 1 heterocycles. The van der Waals surface area contributed by atoms with Crippen LogP contribution in [0.1, 0.15) is 32.9 Å². The maximum atomic E-state index is 12.4. The van der Waals surface area contributed by atoms with Gasteiger partial charge in [-0.05, 0) is 47.5 Å². The number of hydrogen-bond acceptors (Lipinski definition) is 2. The van der Waals surface area contributed by atoms with E-state index in [1.54, 1.807) is 6.07 Å². The van der Waals surface area contributed by atoms with E-state index < -0.39 is 0 Å². The van der Waals surface area contributed by atoms with Crippen molar-refractivity contribution in [3.05, 3.63) is 87.1 Å². The van der Waals surface area contributed by atoms with Gasteiger partial charge in [0.05, 0.1) is 17.8 Å². The summed E-state index contributed by atoms with van der Waals surface area (Å²) in [4.78, 5) is 12.4. The molecule has 25 heavy (non-hydrogen) atoms. The van der Waals surface area contributed by atoms with Crippen LogP contribution in [0.3, 0.4) is 0 Å². The molecule has 1 N–H and O–H groups in total. The van der Waals surface area contributed by atoms with Crippen molar-refractivity contribution in [1.29, 1.82) is 0 Å². The van der Waals surface area contributed by atoms with E-state index in [0.29, 0.717) is 12.1 Å². The Hall–Kier alpha value is -2.40. The normalized spacial score (nSPS) is 10.7. The van der Waals surface area contributed by atoms with Crippen LogP contribution in [0.4, 0.5) is 0 Å². The smallest absolute Gasteiger partial charge is 0.252 e. The minimum atomic E-state index is -0.0953. The fourth-order valence-corrected chi connectivity index (χ4v) is 3.27. The van der Waals surface area contributed by atoms with Gasteiger partial charge >= 0.3 is 0 Å². The predicted octanol–water partition coefficient (Wildman–Crippen LogP) is 4.24. The Balaban J connectivity index is 1.73. The highest BCUT2D eigenvalue weighted by Gasteiger charge is 2.14. The summed E-state index contributed by atoms with van der Waals surface area (Å²) < 4.78 is 2.78. The van der Waals surface area contributed by atoms with Crippen molar-refractivity contribution >= 4 is 21.8 Å². The number of nitrogens with zero attached hydrogens (tertiary/aromatic N) is 2. The number of amides is 1. The number of hydrogen-bond donors (Lipinski definition) is 1. The minimum Gasteiger partial charge on any atom is -0.348 e. The van der Waals surface area contributed by atoms with E-state index in [0.717, 1.165) is 28.0 Å². The van der Waals surface area contributed by atoms with Gasteiger partial charge < -0.3 is 5.32 Å². The van der Waals surface area contributed by atoms with Crippen molar-refractivity contribution in [1.82, 2.24) is 15.1 Å². The molecule has 3 rings (SSSR count). The average Bonchev–Trinajstić information content (AvgIpc) is 2.87. The van der Waals surface area contributed by atoms with Crippen LogP contribution in [0.2, 0.25) is 0 Å². The van der Waals surface area contributed by atoms with Crippen LogP contribution in [0.25, 0.3) is 0 Å². The number of carbonyl (C=O) groups is 1. The highest BCUT2D eigenvalue weighted by atomic mass is 79.9. The Morgan fingerprint density at radius 2 is 1.76 bits per heavy atom. The number of halogens is 1. The fourth-order valence-electron chi connectivity index (χ4n) is 2.81. The summed E-state index contributed by atoms with van der Waals surface area (Å²) in [7, 11) is 0. The first-order valence-electron chi connectivity index (χ1n) is 8.16. The van der Waals surface area contributed by atoms with Gasteiger partial charge in [-0.25, -0.2) is 0 Å². The molecule has 0 aliphatic rings. The molecule has 4 nitrogen and oxygen atoms in total. The number of rotatable bonds is 5. The summed E-state index contributed by atoms with van der Waals surface area (Å²) >= 11 is 3.42. The lowest BCUT2D eigenvalue weighted by molar-refractivity contribution is 0.0950. The standard InChI is InChI=1S/C20H20BrN3O/c1-14-18(12-22-20(25)17-10-6-7-11-19(17)21)15(2)24(23-14)13-16-8-4-3-5-9-16/h3-11H,12-13H2,1-2H3,(H,22,25). The monoisotopic (exact) mass is 397 g/mol. The van der Waals surface area contributed by atoms with Gasteiger partial charge in [0.1, 0.15) is 0 Å². The summed E-state index contributed by atoms with van der Waals surface area (Å²) in [5.41, 5.74) is 4.93. The number of nitrogens with one attached hydrogen (secondary N) is 1. The minimum absolute atomic E-state index is 0.0953. The second-order valence-corrected chi connectivity index (χ2v) is 6.81. The van der Waals surface area contributed by atoms with Crippen LogP contribution in [-0.4, -0.2) is 15.7 Å². The molecule has 0 unspecified atom stereocenters. The number of carbonyl (C=O) groups excluding carboxylic acids is 1. The van der Waals surface area contributed by atoms with E-state index in [1.807, 2.05) is 54.9 Å². The zero-order chi connectivity index (χ0) is 17.8. The molecule has 1 aromatic heterocycles. The first kappa shape index (κ1) is 17.4. The second kappa shape index (κ2) is 7.66. The first-order chi connectivity index (χ1) is 12.1. The molecular weight excluding hydrogens is 378 g/mol. The van der Waals surface area contributed by atoms with E-state index in [2.05, 4.69) is 38.5 Å². The Labute approximate surface area is 156 Å². The quantitative estimate of drug-likeness (QED) is 0.699. The van der Waals surface area contributed by atoms with Gasteiger partial charge in [0.15, 0.2) is 0 Å².